The number of thiophene rings is 1. The lowest BCUT2D eigenvalue weighted by atomic mass is 10.0. The third-order valence-electron chi connectivity index (χ3n) is 4.64. The number of carboxylic acid groups (broad SMARTS) is 1. The molecular weight excluding hydrogens is 504 g/mol. The van der Waals surface area contributed by atoms with E-state index in [2.05, 4.69) is 5.32 Å². The van der Waals surface area contributed by atoms with E-state index in [9.17, 15) is 29.1 Å². The minimum Gasteiger partial charge on any atom is -0.477 e. The molecule has 1 saturated heterocycles. The van der Waals surface area contributed by atoms with Crippen LogP contribution in [0.1, 0.15) is 32.6 Å². The molecule has 3 rings (SSSR count). The first-order valence-electron chi connectivity index (χ1n) is 10.1. The van der Waals surface area contributed by atoms with Crippen molar-refractivity contribution in [2.24, 2.45) is 0 Å². The van der Waals surface area contributed by atoms with Crippen LogP contribution in [0.4, 0.5) is 4.79 Å². The second-order valence-corrected chi connectivity index (χ2v) is 11.8. The molecule has 0 aromatic carbocycles. The van der Waals surface area contributed by atoms with Crippen LogP contribution in [0, 0.1) is 0 Å². The van der Waals surface area contributed by atoms with Crippen molar-refractivity contribution >= 4 is 63.9 Å². The second kappa shape index (κ2) is 10.0. The zero-order valence-corrected chi connectivity index (χ0v) is 21.4. The number of nitrogens with one attached hydrogen (secondary N) is 1. The molecule has 3 heterocycles. The highest BCUT2D eigenvalue weighted by Gasteiger charge is 2.67. The molecule has 1 fully saturated rings. The van der Waals surface area contributed by atoms with E-state index < -0.39 is 44.9 Å². The van der Waals surface area contributed by atoms with E-state index in [0.29, 0.717) is 11.8 Å². The molecule has 0 spiro atoms. The Bertz CT molecular complexity index is 1050. The number of nitrogens with zero attached hydrogens (tertiary/aromatic N) is 1. The van der Waals surface area contributed by atoms with Crippen LogP contribution >= 0.6 is 34.9 Å². The van der Waals surface area contributed by atoms with Crippen molar-refractivity contribution < 1.29 is 38.6 Å². The maximum Gasteiger partial charge on any atom is 0.370 e. The highest BCUT2D eigenvalue weighted by Crippen LogP contribution is 2.52. The Morgan fingerprint density at radius 1 is 1.32 bits per heavy atom. The van der Waals surface area contributed by atoms with Crippen LogP contribution in [0.15, 0.2) is 28.8 Å². The summed E-state index contributed by atoms with van der Waals surface area (Å²) in [6, 6.07) is 3.56. The van der Waals surface area contributed by atoms with Crippen molar-refractivity contribution in [2.75, 3.05) is 12.4 Å². The number of esters is 1. The molecule has 0 bridgehead atoms. The van der Waals surface area contributed by atoms with Crippen LogP contribution in [0.25, 0.3) is 0 Å². The summed E-state index contributed by atoms with van der Waals surface area (Å²) in [5, 5.41) is 12.6. The van der Waals surface area contributed by atoms with Gasteiger partial charge >= 0.3 is 17.2 Å². The molecule has 2 atom stereocenters. The molecule has 0 saturated carbocycles. The Kier molecular flexibility index (Phi) is 7.68. The van der Waals surface area contributed by atoms with E-state index in [-0.39, 0.29) is 30.1 Å². The number of β-lactam (4-membered cyclic amide) rings is 1. The smallest absolute Gasteiger partial charge is 0.370 e. The Morgan fingerprint density at radius 2 is 2.03 bits per heavy atom. The van der Waals surface area contributed by atoms with Crippen molar-refractivity contribution in [3.05, 3.63) is 33.7 Å². The van der Waals surface area contributed by atoms with Crippen molar-refractivity contribution in [3.8, 4) is 0 Å². The zero-order chi connectivity index (χ0) is 25.3. The predicted molar refractivity (Wildman–Crippen MR) is 127 cm³/mol. The van der Waals surface area contributed by atoms with E-state index in [0.717, 1.165) is 9.78 Å². The number of carboxylic acids is 1. The molecule has 2 N–H and O–H groups in total. The van der Waals surface area contributed by atoms with E-state index in [1.807, 2.05) is 5.38 Å². The van der Waals surface area contributed by atoms with Gasteiger partial charge in [-0.2, -0.15) is 0 Å². The van der Waals surface area contributed by atoms with Gasteiger partial charge in [-0.05, 0) is 44.0 Å². The molecule has 0 radical (unpaired) electrons. The lowest BCUT2D eigenvalue weighted by Gasteiger charge is -2.56. The SMILES string of the molecule is CC(=O)OCC1=C(C(=O)O)N2C(=O)[C@@](NC(=O)Cc3cccs3)(SC(=O)OC(C)(C)C)[C@H]2SC1. The molecular formula is C21H24N2O8S3. The molecule has 0 unspecified atom stereocenters. The highest BCUT2D eigenvalue weighted by molar-refractivity contribution is 8.16. The van der Waals surface area contributed by atoms with Gasteiger partial charge in [0.2, 0.25) is 10.8 Å². The van der Waals surface area contributed by atoms with Gasteiger partial charge < -0.3 is 19.9 Å². The van der Waals surface area contributed by atoms with Crippen LogP contribution in [-0.4, -0.2) is 67.3 Å². The topological polar surface area (TPSA) is 139 Å². The predicted octanol–water partition coefficient (Wildman–Crippen LogP) is 2.59. The molecule has 1 aromatic rings. The average molecular weight is 529 g/mol. The Morgan fingerprint density at radius 3 is 2.59 bits per heavy atom. The summed E-state index contributed by atoms with van der Waals surface area (Å²) in [5.41, 5.74) is -0.900. The molecule has 1 aromatic heterocycles. The lowest BCUT2D eigenvalue weighted by molar-refractivity contribution is -0.153. The third kappa shape index (κ3) is 5.58. The minimum atomic E-state index is -1.74. The number of carbonyl (C=O) groups is 5. The van der Waals surface area contributed by atoms with Crippen molar-refractivity contribution in [1.29, 1.82) is 0 Å². The molecule has 13 heteroatoms. The number of rotatable bonds is 7. The largest absolute Gasteiger partial charge is 0.477 e. The molecule has 184 valence electrons. The normalized spacial score (nSPS) is 21.9. The Balaban J connectivity index is 1.91. The fraction of sp³-hybridized carbons (Fsp3) is 0.476. The first-order chi connectivity index (χ1) is 15.8. The van der Waals surface area contributed by atoms with E-state index in [1.54, 1.807) is 32.9 Å². The maximum absolute atomic E-state index is 13.4. The van der Waals surface area contributed by atoms with Crippen LogP contribution in [0.3, 0.4) is 0 Å². The number of amides is 2. The van der Waals surface area contributed by atoms with Crippen molar-refractivity contribution in [2.45, 2.75) is 50.0 Å². The van der Waals surface area contributed by atoms with Gasteiger partial charge in [0.05, 0.1) is 6.42 Å². The van der Waals surface area contributed by atoms with Crippen LogP contribution in [-0.2, 0) is 35.1 Å². The van der Waals surface area contributed by atoms with Gasteiger partial charge in [0.1, 0.15) is 23.3 Å². The Hall–Kier alpha value is -2.51. The number of ether oxygens (including phenoxy) is 2. The lowest BCUT2D eigenvalue weighted by Crippen LogP contribution is -2.78. The van der Waals surface area contributed by atoms with Crippen molar-refractivity contribution in [1.82, 2.24) is 10.2 Å². The van der Waals surface area contributed by atoms with Gasteiger partial charge in [-0.3, -0.25) is 19.3 Å². The van der Waals surface area contributed by atoms with Gasteiger partial charge in [0.25, 0.3) is 5.91 Å². The summed E-state index contributed by atoms with van der Waals surface area (Å²) in [6.45, 7) is 5.93. The molecule has 34 heavy (non-hydrogen) atoms. The van der Waals surface area contributed by atoms with Gasteiger partial charge in [-0.1, -0.05) is 6.07 Å². The monoisotopic (exact) mass is 528 g/mol. The summed E-state index contributed by atoms with van der Waals surface area (Å²) >= 11 is 3.07. The van der Waals surface area contributed by atoms with Crippen LogP contribution < -0.4 is 5.32 Å². The highest BCUT2D eigenvalue weighted by atomic mass is 32.2. The number of fused-ring (bicyclic) bond motifs is 1. The van der Waals surface area contributed by atoms with E-state index in [4.69, 9.17) is 9.47 Å². The first kappa shape index (κ1) is 26.1. The quantitative estimate of drug-likeness (QED) is 0.308. The average Bonchev–Trinajstić information content (AvgIpc) is 3.21. The summed E-state index contributed by atoms with van der Waals surface area (Å²) in [4.78, 5) is 62.2. The molecule has 2 amide bonds. The number of carbonyl (C=O) groups excluding carboxylic acids is 4. The second-order valence-electron chi connectivity index (χ2n) is 8.48. The molecule has 2 aliphatic heterocycles. The van der Waals surface area contributed by atoms with Gasteiger partial charge in [0.15, 0.2) is 0 Å². The summed E-state index contributed by atoms with van der Waals surface area (Å²) < 4.78 is 10.3. The fourth-order valence-electron chi connectivity index (χ4n) is 3.35. The van der Waals surface area contributed by atoms with Gasteiger partial charge in [0, 0.05) is 23.1 Å². The fourth-order valence-corrected chi connectivity index (χ4v) is 6.84. The third-order valence-corrected chi connectivity index (χ3v) is 8.13. The molecule has 0 aliphatic carbocycles. The molecule has 10 nitrogen and oxygen atoms in total. The van der Waals surface area contributed by atoms with Crippen molar-refractivity contribution in [3.63, 3.8) is 0 Å². The number of hydrogen-bond donors (Lipinski definition) is 2. The van der Waals surface area contributed by atoms with Crippen LogP contribution in [0.5, 0.6) is 0 Å². The maximum atomic E-state index is 13.4. The summed E-state index contributed by atoms with van der Waals surface area (Å²) in [5.74, 6) is -3.09. The minimum absolute atomic E-state index is 0.00170. The van der Waals surface area contributed by atoms with E-state index in [1.165, 1.54) is 30.0 Å². The Labute approximate surface area is 208 Å². The zero-order valence-electron chi connectivity index (χ0n) is 18.9. The summed E-state index contributed by atoms with van der Waals surface area (Å²) in [7, 11) is 0. The summed E-state index contributed by atoms with van der Waals surface area (Å²) in [6.07, 6.45) is -0.00170. The van der Waals surface area contributed by atoms with Crippen LogP contribution in [0.2, 0.25) is 0 Å². The number of hydrogen-bond acceptors (Lipinski definition) is 10. The molecule has 2 aliphatic rings. The van der Waals surface area contributed by atoms with E-state index >= 15 is 0 Å². The first-order valence-corrected chi connectivity index (χ1v) is 12.9. The van der Waals surface area contributed by atoms with Gasteiger partial charge in [-0.25, -0.2) is 9.59 Å². The number of aliphatic carboxylic acids is 1. The van der Waals surface area contributed by atoms with Gasteiger partial charge in [-0.15, -0.1) is 23.1 Å². The standard InChI is InChI=1S/C21H24N2O8S3/c1-11(24)30-9-12-10-33-18-21(34-19(29)31-20(2,3)4,17(28)23(18)15(12)16(26)27)22-14(25)8-13-6-5-7-32-13/h5-7,18H,8-10H2,1-4H3,(H,22,25)(H,26,27)/t18-,21-/m1/s1. The number of thioether (sulfide) groups is 2.